The number of nitrogens with one attached hydrogen (secondary N) is 4. The summed E-state index contributed by atoms with van der Waals surface area (Å²) in [5.41, 5.74) is 0. The van der Waals surface area contributed by atoms with E-state index in [2.05, 4.69) is 28.2 Å². The van der Waals surface area contributed by atoms with Crippen molar-refractivity contribution in [2.45, 2.75) is 105 Å². The Balaban J connectivity index is 0. The Morgan fingerprint density at radius 1 is 0.500 bits per heavy atom. The molecule has 8 nitrogen and oxygen atoms in total. The molecule has 0 aliphatic heterocycles. The van der Waals surface area contributed by atoms with E-state index >= 15 is 0 Å². The summed E-state index contributed by atoms with van der Waals surface area (Å²) in [6.07, 6.45) is 9.95. The largest absolute Gasteiger partial charge is 0.356 e. The molecule has 32 heavy (non-hydrogen) atoms. The van der Waals surface area contributed by atoms with Crippen LogP contribution in [0.15, 0.2) is 0 Å². The Morgan fingerprint density at radius 2 is 0.875 bits per heavy atom. The molecule has 0 saturated carbocycles. The molecule has 8 heteroatoms. The number of hydrogen-bond donors (Lipinski definition) is 4. The van der Waals surface area contributed by atoms with Crippen LogP contribution in [-0.4, -0.2) is 49.8 Å². The van der Waals surface area contributed by atoms with E-state index in [1.54, 1.807) is 0 Å². The van der Waals surface area contributed by atoms with Crippen molar-refractivity contribution in [3.05, 3.63) is 0 Å². The van der Waals surface area contributed by atoms with Crippen LogP contribution in [0.3, 0.4) is 0 Å². The Morgan fingerprint density at radius 3 is 1.28 bits per heavy atom. The zero-order valence-electron chi connectivity index (χ0n) is 20.9. The van der Waals surface area contributed by atoms with Crippen LogP contribution in [0, 0.1) is 0 Å². The van der Waals surface area contributed by atoms with E-state index in [1.165, 1.54) is 6.92 Å². The van der Waals surface area contributed by atoms with Gasteiger partial charge in [0.2, 0.25) is 23.6 Å². The van der Waals surface area contributed by atoms with Crippen molar-refractivity contribution in [2.75, 3.05) is 26.2 Å². The third-order valence-corrected chi connectivity index (χ3v) is 4.63. The second-order valence-corrected chi connectivity index (χ2v) is 7.61. The van der Waals surface area contributed by atoms with E-state index in [4.69, 9.17) is 0 Å². The van der Waals surface area contributed by atoms with Crippen LogP contribution in [0.2, 0.25) is 0 Å². The molecule has 4 amide bonds. The Hall–Kier alpha value is -2.12. The van der Waals surface area contributed by atoms with Crippen molar-refractivity contribution < 1.29 is 19.2 Å². The van der Waals surface area contributed by atoms with Crippen molar-refractivity contribution in [1.82, 2.24) is 21.3 Å². The molecule has 0 radical (unpaired) electrons. The van der Waals surface area contributed by atoms with Gasteiger partial charge in [0.1, 0.15) is 0 Å². The van der Waals surface area contributed by atoms with Crippen LogP contribution in [-0.2, 0) is 19.2 Å². The molecule has 0 aromatic carbocycles. The smallest absolute Gasteiger partial charge is 0.220 e. The molecule has 0 aliphatic carbocycles. The minimum atomic E-state index is -0.104. The summed E-state index contributed by atoms with van der Waals surface area (Å²) in [6, 6.07) is 0. The van der Waals surface area contributed by atoms with E-state index in [1.807, 2.05) is 13.8 Å². The average molecular weight is 457 g/mol. The van der Waals surface area contributed by atoms with E-state index in [0.29, 0.717) is 45.4 Å². The predicted molar refractivity (Wildman–Crippen MR) is 130 cm³/mol. The van der Waals surface area contributed by atoms with Gasteiger partial charge in [-0.25, -0.2) is 0 Å². The first-order valence-electron chi connectivity index (χ1n) is 12.5. The molecule has 0 aromatic rings. The predicted octanol–water partition coefficient (Wildman–Crippen LogP) is 3.20. The number of rotatable bonds is 19. The summed E-state index contributed by atoms with van der Waals surface area (Å²) in [5.74, 6) is 0.0764. The van der Waals surface area contributed by atoms with Crippen molar-refractivity contribution >= 4 is 23.6 Å². The highest BCUT2D eigenvalue weighted by molar-refractivity contribution is 5.76. The van der Waals surface area contributed by atoms with Gasteiger partial charge >= 0.3 is 0 Å². The summed E-state index contributed by atoms with van der Waals surface area (Å²) in [7, 11) is 0. The molecular weight excluding hydrogens is 408 g/mol. The second kappa shape index (κ2) is 25.1. The molecule has 188 valence electrons. The van der Waals surface area contributed by atoms with Crippen molar-refractivity contribution in [2.24, 2.45) is 0 Å². The first-order valence-corrected chi connectivity index (χ1v) is 12.5. The monoisotopic (exact) mass is 456 g/mol. The average Bonchev–Trinajstić information content (AvgIpc) is 2.77. The normalized spacial score (nSPS) is 9.88. The highest BCUT2D eigenvalue weighted by Gasteiger charge is 2.03. The zero-order chi connectivity index (χ0) is 24.5. The lowest BCUT2D eigenvalue weighted by Gasteiger charge is -2.07. The van der Waals surface area contributed by atoms with Gasteiger partial charge in [-0.15, -0.1) is 0 Å². The first-order chi connectivity index (χ1) is 15.5. The van der Waals surface area contributed by atoms with Crippen molar-refractivity contribution in [3.63, 3.8) is 0 Å². The van der Waals surface area contributed by atoms with Gasteiger partial charge in [0.25, 0.3) is 0 Å². The van der Waals surface area contributed by atoms with Gasteiger partial charge in [-0.3, -0.25) is 19.2 Å². The molecule has 4 N–H and O–H groups in total. The zero-order valence-corrected chi connectivity index (χ0v) is 20.9. The van der Waals surface area contributed by atoms with E-state index in [0.717, 1.165) is 57.8 Å². The summed E-state index contributed by atoms with van der Waals surface area (Å²) in [4.78, 5) is 45.7. The van der Waals surface area contributed by atoms with Crippen molar-refractivity contribution in [3.8, 4) is 0 Å². The minimum absolute atomic E-state index is 0.0125. The molecule has 0 aliphatic rings. The van der Waals surface area contributed by atoms with E-state index < -0.39 is 0 Å². The van der Waals surface area contributed by atoms with Gasteiger partial charge in [0.05, 0.1) is 0 Å². The molecule has 0 aromatic heterocycles. The van der Waals surface area contributed by atoms with Crippen molar-refractivity contribution in [1.29, 1.82) is 0 Å². The molecule has 0 heterocycles. The van der Waals surface area contributed by atoms with Crippen LogP contribution in [0.4, 0.5) is 0 Å². The molecule has 0 saturated heterocycles. The van der Waals surface area contributed by atoms with Gasteiger partial charge < -0.3 is 21.3 Å². The van der Waals surface area contributed by atoms with Gasteiger partial charge in [0.15, 0.2) is 0 Å². The fraction of sp³-hybridized carbons (Fsp3) is 0.833. The number of amides is 4. The fourth-order valence-electron chi connectivity index (χ4n) is 2.87. The van der Waals surface area contributed by atoms with Gasteiger partial charge in [0, 0.05) is 52.4 Å². The quantitative estimate of drug-likeness (QED) is 0.223. The highest BCUT2D eigenvalue weighted by Crippen LogP contribution is 2.02. The Bertz CT molecular complexity index is 498. The lowest BCUT2D eigenvalue weighted by molar-refractivity contribution is -0.122. The summed E-state index contributed by atoms with van der Waals surface area (Å²) >= 11 is 0. The first kappa shape index (κ1) is 32.1. The third kappa shape index (κ3) is 25.9. The summed E-state index contributed by atoms with van der Waals surface area (Å²) in [6.45, 7) is 9.78. The Labute approximate surface area is 195 Å². The van der Waals surface area contributed by atoms with Gasteiger partial charge in [-0.05, 0) is 32.1 Å². The third-order valence-electron chi connectivity index (χ3n) is 4.63. The molecule has 0 spiro atoms. The highest BCUT2D eigenvalue weighted by atomic mass is 16.2. The molecule has 0 rings (SSSR count). The number of carbonyl (C=O) groups is 4. The maximum absolute atomic E-state index is 11.8. The lowest BCUT2D eigenvalue weighted by atomic mass is 10.1. The number of hydrogen-bond acceptors (Lipinski definition) is 4. The summed E-state index contributed by atoms with van der Waals surface area (Å²) in [5, 5.41) is 11.2. The van der Waals surface area contributed by atoms with E-state index in [-0.39, 0.29) is 23.6 Å². The van der Waals surface area contributed by atoms with Crippen LogP contribution in [0.5, 0.6) is 0 Å². The minimum Gasteiger partial charge on any atom is -0.356 e. The van der Waals surface area contributed by atoms with Crippen LogP contribution in [0.25, 0.3) is 0 Å². The topological polar surface area (TPSA) is 116 Å². The SMILES string of the molecule is CC.CCCCCC(=O)NCCCCCC(=O)NCCCCCC(=O)NCCNC(C)=O. The lowest BCUT2D eigenvalue weighted by Crippen LogP contribution is -2.33. The van der Waals surface area contributed by atoms with Gasteiger partial charge in [-0.2, -0.15) is 0 Å². The molecule has 0 fully saturated rings. The maximum Gasteiger partial charge on any atom is 0.220 e. The maximum atomic E-state index is 11.8. The Kier molecular flexibility index (Phi) is 25.2. The standard InChI is InChI=1S/C22H42N4O4.C2H6/c1-3-4-7-12-20(28)24-15-10-5-8-13-21(29)25-16-11-6-9-14-22(30)26-18-17-23-19(2)27;1-2/h3-18H2,1-2H3,(H,23,27)(H,24,28)(H,25,29)(H,26,30);1-2H3. The van der Waals surface area contributed by atoms with Crippen LogP contribution >= 0.6 is 0 Å². The molecule has 0 bridgehead atoms. The fourth-order valence-corrected chi connectivity index (χ4v) is 2.87. The summed E-state index contributed by atoms with van der Waals surface area (Å²) < 4.78 is 0. The van der Waals surface area contributed by atoms with Crippen LogP contribution < -0.4 is 21.3 Å². The molecule has 0 atom stereocenters. The van der Waals surface area contributed by atoms with Crippen LogP contribution in [0.1, 0.15) is 105 Å². The van der Waals surface area contributed by atoms with Gasteiger partial charge in [-0.1, -0.05) is 46.5 Å². The van der Waals surface area contributed by atoms with E-state index in [9.17, 15) is 19.2 Å². The second-order valence-electron chi connectivity index (χ2n) is 7.61. The number of unbranched alkanes of at least 4 members (excludes halogenated alkanes) is 6. The number of carbonyl (C=O) groups excluding carboxylic acids is 4. The molecule has 0 unspecified atom stereocenters. The molecular formula is C24H48N4O4.